The van der Waals surface area contributed by atoms with Gasteiger partial charge in [-0.3, -0.25) is 4.79 Å². The van der Waals surface area contributed by atoms with E-state index in [-0.39, 0.29) is 49.3 Å². The van der Waals surface area contributed by atoms with Crippen molar-refractivity contribution in [3.8, 4) is 0 Å². The van der Waals surface area contributed by atoms with Crippen LogP contribution in [0.25, 0.3) is 0 Å². The molecule has 41 heavy (non-hydrogen) atoms. The Morgan fingerprint density at radius 1 is 0.976 bits per heavy atom. The molecule has 12 heteroatoms. The minimum Gasteiger partial charge on any atom is -0.727 e. The monoisotopic (exact) mass is 587 g/mol. The molecule has 0 unspecified atom stereocenters. The summed E-state index contributed by atoms with van der Waals surface area (Å²) < 4.78 is 12.2. The molecule has 0 aromatic heterocycles. The molecular weight excluding hydrogens is 541 g/mol. The Morgan fingerprint density at radius 2 is 1.46 bits per heavy atom. The quantitative estimate of drug-likeness (QED) is 0.197. The zero-order valence-corrected chi connectivity index (χ0v) is 26.5. The smallest absolute Gasteiger partial charge is 0.727 e. The molecule has 2 aliphatic carbocycles. The molecular formula is C29H46LiNO9Si. The summed E-state index contributed by atoms with van der Waals surface area (Å²) in [6.45, 7) is 13.6. The first-order chi connectivity index (χ1) is 18.9. The average molecular weight is 588 g/mol. The van der Waals surface area contributed by atoms with Crippen molar-refractivity contribution in [2.45, 2.75) is 109 Å². The first-order valence-corrected chi connectivity index (χ1v) is 16.3. The fraction of sp³-hybridized carbons (Fsp3) is 0.690. The molecule has 1 aromatic rings. The number of ether oxygens (including phenoxy) is 1. The molecule has 1 saturated heterocycles. The van der Waals surface area contributed by atoms with Gasteiger partial charge in [0, 0.05) is 0 Å². The topological polar surface area (TPSA) is 157 Å². The fourth-order valence-corrected chi connectivity index (χ4v) is 11.4. The molecule has 1 aromatic carbocycles. The SMILES string of the molecule is CC(C)[Si](O[C@H](C(=O)N1C(=O)OC[C@@H]1Cc1ccccc1)C1CC1)(C(C)C)C(C)C.O=C(O)[C@@H](O)C1CC1.[Li+].[O-]O. The Balaban J connectivity index is 0.000000651. The minimum absolute atomic E-state index is 0. The molecule has 226 valence electrons. The van der Waals surface area contributed by atoms with Crippen molar-refractivity contribution < 1.29 is 63.1 Å². The van der Waals surface area contributed by atoms with Crippen molar-refractivity contribution in [3.05, 3.63) is 35.9 Å². The van der Waals surface area contributed by atoms with Crippen LogP contribution in [0.3, 0.4) is 0 Å². The predicted octanol–water partition coefficient (Wildman–Crippen LogP) is 1.21. The number of benzene rings is 1. The van der Waals surface area contributed by atoms with E-state index in [0.29, 0.717) is 23.0 Å². The van der Waals surface area contributed by atoms with Crippen LogP contribution in [0.2, 0.25) is 16.6 Å². The Bertz CT molecular complexity index is 949. The number of aliphatic carboxylic acids is 1. The zero-order chi connectivity index (χ0) is 30.2. The molecule has 3 atom stereocenters. The van der Waals surface area contributed by atoms with Crippen LogP contribution in [0.1, 0.15) is 72.8 Å². The molecule has 1 heterocycles. The van der Waals surface area contributed by atoms with Gasteiger partial charge in [-0.1, -0.05) is 71.9 Å². The van der Waals surface area contributed by atoms with Crippen LogP contribution in [-0.4, -0.2) is 71.5 Å². The molecule has 4 rings (SSSR count). The second-order valence-corrected chi connectivity index (χ2v) is 17.3. The summed E-state index contributed by atoms with van der Waals surface area (Å²) in [4.78, 5) is 37.6. The first kappa shape index (κ1) is 37.3. The van der Waals surface area contributed by atoms with Crippen LogP contribution < -0.4 is 24.1 Å². The molecule has 3 fully saturated rings. The summed E-state index contributed by atoms with van der Waals surface area (Å²) in [6, 6.07) is 9.69. The van der Waals surface area contributed by atoms with E-state index in [0.717, 1.165) is 31.2 Å². The van der Waals surface area contributed by atoms with E-state index in [4.69, 9.17) is 29.9 Å². The number of amides is 2. The first-order valence-electron chi connectivity index (χ1n) is 14.2. The van der Waals surface area contributed by atoms with Crippen LogP contribution in [-0.2, 0) is 25.2 Å². The number of carboxylic acid groups (broad SMARTS) is 1. The maximum absolute atomic E-state index is 13.7. The van der Waals surface area contributed by atoms with Gasteiger partial charge >= 0.3 is 30.9 Å². The van der Waals surface area contributed by atoms with Crippen LogP contribution in [0.4, 0.5) is 4.79 Å². The number of carboxylic acids is 1. The van der Waals surface area contributed by atoms with Crippen molar-refractivity contribution in [2.24, 2.45) is 11.8 Å². The van der Waals surface area contributed by atoms with Crippen LogP contribution in [0.5, 0.6) is 0 Å². The van der Waals surface area contributed by atoms with E-state index in [1.165, 1.54) is 4.90 Å². The third-order valence-corrected chi connectivity index (χ3v) is 14.2. The summed E-state index contributed by atoms with van der Waals surface area (Å²) in [7, 11) is -2.24. The van der Waals surface area contributed by atoms with Gasteiger partial charge in [0.15, 0.2) is 6.10 Å². The number of nitrogens with zero attached hydrogens (tertiary/aromatic N) is 1. The number of carbonyl (C=O) groups excluding carboxylic acids is 2. The molecule has 0 spiro atoms. The summed E-state index contributed by atoms with van der Waals surface area (Å²) in [6.07, 6.45) is 2.16. The molecule has 0 radical (unpaired) electrons. The molecule has 10 nitrogen and oxygen atoms in total. The maximum Gasteiger partial charge on any atom is 1.00 e. The van der Waals surface area contributed by atoms with E-state index >= 15 is 0 Å². The van der Waals surface area contributed by atoms with Crippen molar-refractivity contribution in [3.63, 3.8) is 0 Å². The number of rotatable bonds is 11. The number of cyclic esters (lactones) is 1. The van der Waals surface area contributed by atoms with Crippen molar-refractivity contribution in [1.29, 1.82) is 0 Å². The molecule has 3 aliphatic rings. The minimum atomic E-state index is -2.24. The Labute approximate surface area is 256 Å². The van der Waals surface area contributed by atoms with Gasteiger partial charge in [-0.05, 0) is 66.1 Å². The molecule has 1 aliphatic heterocycles. The summed E-state index contributed by atoms with van der Waals surface area (Å²) in [5.41, 5.74) is 2.25. The van der Waals surface area contributed by atoms with E-state index < -0.39 is 32.6 Å². The second-order valence-electron chi connectivity index (χ2n) is 11.9. The van der Waals surface area contributed by atoms with Gasteiger partial charge in [0.2, 0.25) is 8.32 Å². The molecule has 0 bridgehead atoms. The van der Waals surface area contributed by atoms with Gasteiger partial charge in [-0.2, -0.15) is 0 Å². The summed E-state index contributed by atoms with van der Waals surface area (Å²) in [5.74, 6) is -1.02. The zero-order valence-electron chi connectivity index (χ0n) is 25.5. The van der Waals surface area contributed by atoms with E-state index in [1.54, 1.807) is 0 Å². The van der Waals surface area contributed by atoms with Crippen LogP contribution in [0, 0.1) is 11.8 Å². The van der Waals surface area contributed by atoms with E-state index in [9.17, 15) is 14.4 Å². The third-order valence-electron chi connectivity index (χ3n) is 8.17. The van der Waals surface area contributed by atoms with Gasteiger partial charge in [0.25, 0.3) is 5.91 Å². The summed E-state index contributed by atoms with van der Waals surface area (Å²) >= 11 is 0. The van der Waals surface area contributed by atoms with Crippen LogP contribution >= 0.6 is 0 Å². The standard InChI is InChI=1S/C24H37NO4Si.C5H8O3.Li.H2O2/c1-16(2)30(17(3)4,18(5)6)29-22(20-12-13-20)23(26)25-21(15-28-24(25)27)14-19-10-8-7-9-11-19;6-4(5(7)8)3-1-2-3;;1-2/h7-11,16-18,20-22H,12-15H2,1-6H3;3-4,6H,1-2H2,(H,7,8);;1-2H/q;;+1;/p-1/t21-,22-;4-;;/m00../s1. The Hall–Kier alpha value is -1.72. The maximum atomic E-state index is 13.7. The Morgan fingerprint density at radius 3 is 1.85 bits per heavy atom. The van der Waals surface area contributed by atoms with Crippen molar-refractivity contribution >= 4 is 26.3 Å². The van der Waals surface area contributed by atoms with Gasteiger partial charge in [0.05, 0.1) is 6.04 Å². The third kappa shape index (κ3) is 9.65. The predicted molar refractivity (Wildman–Crippen MR) is 150 cm³/mol. The van der Waals surface area contributed by atoms with Gasteiger partial charge in [-0.25, -0.2) is 14.5 Å². The molecule has 2 saturated carbocycles. The second kappa shape index (κ2) is 16.8. The Kier molecular flexibility index (Phi) is 15.3. The van der Waals surface area contributed by atoms with E-state index in [1.807, 2.05) is 30.3 Å². The van der Waals surface area contributed by atoms with E-state index in [2.05, 4.69) is 41.5 Å². The summed E-state index contributed by atoms with van der Waals surface area (Å²) in [5, 5.41) is 29.8. The van der Waals surface area contributed by atoms with Crippen molar-refractivity contribution in [2.75, 3.05) is 6.61 Å². The number of aliphatic hydroxyl groups excluding tert-OH is 1. The van der Waals surface area contributed by atoms with Gasteiger partial charge < -0.3 is 29.9 Å². The number of aliphatic hydroxyl groups is 1. The fourth-order valence-electron chi connectivity index (χ4n) is 5.89. The van der Waals surface area contributed by atoms with Crippen LogP contribution in [0.15, 0.2) is 30.3 Å². The average Bonchev–Trinajstić information content (AvgIpc) is 3.84. The number of hydrogen-bond donors (Lipinski definition) is 3. The van der Waals surface area contributed by atoms with Gasteiger partial charge in [0.1, 0.15) is 12.7 Å². The molecule has 3 N–H and O–H groups in total. The number of hydrogen-bond acceptors (Lipinski definition) is 8. The largest absolute Gasteiger partial charge is 1.00 e. The van der Waals surface area contributed by atoms with Crippen molar-refractivity contribution in [1.82, 2.24) is 4.90 Å². The number of carbonyl (C=O) groups is 3. The van der Waals surface area contributed by atoms with Gasteiger partial charge in [-0.15, -0.1) is 0 Å². The number of imide groups is 1. The normalized spacial score (nSPS) is 19.9. The molecule has 2 amide bonds.